The molecule has 2 heterocycles. The fourth-order valence-corrected chi connectivity index (χ4v) is 4.09. The first-order valence-electron chi connectivity index (χ1n) is 6.49. The number of nitrogens with zero attached hydrogens (tertiary/aromatic N) is 2. The molecule has 0 aliphatic carbocycles. The van der Waals surface area contributed by atoms with E-state index in [2.05, 4.69) is 14.3 Å². The number of halogens is 1. The summed E-state index contributed by atoms with van der Waals surface area (Å²) in [5.41, 5.74) is 0.874. The summed E-state index contributed by atoms with van der Waals surface area (Å²) in [6, 6.07) is 4.76. The molecule has 0 saturated heterocycles. The average Bonchev–Trinajstić information content (AvgIpc) is 3.00. The van der Waals surface area contributed by atoms with Gasteiger partial charge < -0.3 is 4.57 Å². The Morgan fingerprint density at radius 1 is 1.33 bits per heavy atom. The Labute approximate surface area is 126 Å². The second-order valence-electron chi connectivity index (χ2n) is 4.66. The maximum atomic E-state index is 12.8. The van der Waals surface area contributed by atoms with Gasteiger partial charge in [-0.25, -0.2) is 22.5 Å². The van der Waals surface area contributed by atoms with Gasteiger partial charge in [-0.2, -0.15) is 0 Å². The zero-order chi connectivity index (χ0) is 14.9. The van der Waals surface area contributed by atoms with Gasteiger partial charge >= 0.3 is 0 Å². The van der Waals surface area contributed by atoms with Crippen LogP contribution in [0.4, 0.5) is 4.39 Å². The van der Waals surface area contributed by atoms with Gasteiger partial charge in [0.1, 0.15) is 5.82 Å². The SMILES string of the molecule is O=S(=O)(NCCc1cn2c(n1)SCC2)c1ccc(F)cc1. The maximum absolute atomic E-state index is 12.8. The topological polar surface area (TPSA) is 64.0 Å². The Kier molecular flexibility index (Phi) is 4.01. The molecule has 3 rings (SSSR count). The molecule has 0 spiro atoms. The molecule has 21 heavy (non-hydrogen) atoms. The summed E-state index contributed by atoms with van der Waals surface area (Å²) in [4.78, 5) is 4.50. The van der Waals surface area contributed by atoms with Gasteiger partial charge in [0.15, 0.2) is 5.16 Å². The van der Waals surface area contributed by atoms with Crippen molar-refractivity contribution < 1.29 is 12.8 Å². The molecule has 1 aromatic carbocycles. The highest BCUT2D eigenvalue weighted by Gasteiger charge is 2.16. The second kappa shape index (κ2) is 5.78. The van der Waals surface area contributed by atoms with E-state index in [-0.39, 0.29) is 11.4 Å². The van der Waals surface area contributed by atoms with Crippen molar-refractivity contribution in [3.05, 3.63) is 42.0 Å². The highest BCUT2D eigenvalue weighted by Crippen LogP contribution is 2.24. The van der Waals surface area contributed by atoms with Crippen molar-refractivity contribution in [1.82, 2.24) is 14.3 Å². The molecule has 1 aliphatic rings. The number of aromatic nitrogens is 2. The summed E-state index contributed by atoms with van der Waals surface area (Å²) in [5.74, 6) is 0.582. The smallest absolute Gasteiger partial charge is 0.240 e. The molecule has 0 bridgehead atoms. The van der Waals surface area contributed by atoms with Gasteiger partial charge in [0.2, 0.25) is 10.0 Å². The predicted molar refractivity (Wildman–Crippen MR) is 78.2 cm³/mol. The van der Waals surface area contributed by atoms with Crippen molar-refractivity contribution in [2.45, 2.75) is 23.0 Å². The number of aryl methyl sites for hydroxylation is 1. The van der Waals surface area contributed by atoms with Crippen LogP contribution in [-0.2, 0) is 23.0 Å². The van der Waals surface area contributed by atoms with E-state index in [4.69, 9.17) is 0 Å². The monoisotopic (exact) mass is 327 g/mol. The van der Waals surface area contributed by atoms with Crippen LogP contribution >= 0.6 is 11.8 Å². The molecule has 0 fully saturated rings. The van der Waals surface area contributed by atoms with Crippen LogP contribution in [0.5, 0.6) is 0 Å². The first-order valence-corrected chi connectivity index (χ1v) is 8.95. The normalized spacial score (nSPS) is 14.3. The Balaban J connectivity index is 1.60. The Morgan fingerprint density at radius 2 is 2.10 bits per heavy atom. The van der Waals surface area contributed by atoms with Gasteiger partial charge in [0.25, 0.3) is 0 Å². The van der Waals surface area contributed by atoms with E-state index in [1.807, 2.05) is 6.20 Å². The Bertz CT molecular complexity index is 720. The highest BCUT2D eigenvalue weighted by molar-refractivity contribution is 7.99. The van der Waals surface area contributed by atoms with Crippen molar-refractivity contribution in [3.8, 4) is 0 Å². The van der Waals surface area contributed by atoms with Crippen molar-refractivity contribution in [1.29, 1.82) is 0 Å². The number of imidazole rings is 1. The molecule has 0 atom stereocenters. The molecule has 1 aliphatic heterocycles. The predicted octanol–water partition coefficient (Wildman–Crippen LogP) is 1.65. The largest absolute Gasteiger partial charge is 0.325 e. The number of fused-ring (bicyclic) bond motifs is 1. The molecule has 2 aromatic rings. The first kappa shape index (κ1) is 14.6. The van der Waals surface area contributed by atoms with E-state index in [9.17, 15) is 12.8 Å². The van der Waals surface area contributed by atoms with Crippen LogP contribution in [0.25, 0.3) is 0 Å². The molecule has 1 N–H and O–H groups in total. The summed E-state index contributed by atoms with van der Waals surface area (Å²) in [6.45, 7) is 1.22. The number of hydrogen-bond donors (Lipinski definition) is 1. The van der Waals surface area contributed by atoms with Gasteiger partial charge in [0.05, 0.1) is 10.6 Å². The maximum Gasteiger partial charge on any atom is 0.240 e. The van der Waals surface area contributed by atoms with E-state index < -0.39 is 15.8 Å². The van der Waals surface area contributed by atoms with Crippen molar-refractivity contribution >= 4 is 21.8 Å². The third-order valence-corrected chi connectivity index (χ3v) is 5.60. The van der Waals surface area contributed by atoms with Gasteiger partial charge in [-0.3, -0.25) is 0 Å². The summed E-state index contributed by atoms with van der Waals surface area (Å²) in [6.07, 6.45) is 2.49. The van der Waals surface area contributed by atoms with E-state index >= 15 is 0 Å². The van der Waals surface area contributed by atoms with Crippen molar-refractivity contribution in [2.75, 3.05) is 12.3 Å². The Morgan fingerprint density at radius 3 is 2.81 bits per heavy atom. The molecular formula is C13H14FN3O2S2. The fourth-order valence-electron chi connectivity index (χ4n) is 2.09. The van der Waals surface area contributed by atoms with E-state index in [0.717, 1.165) is 35.3 Å². The van der Waals surface area contributed by atoms with Gasteiger partial charge in [0, 0.05) is 31.5 Å². The molecule has 112 valence electrons. The van der Waals surface area contributed by atoms with Crippen LogP contribution in [-0.4, -0.2) is 30.3 Å². The Hall–Kier alpha value is -1.38. The number of sulfonamides is 1. The molecular weight excluding hydrogens is 313 g/mol. The number of hydrogen-bond acceptors (Lipinski definition) is 4. The lowest BCUT2D eigenvalue weighted by molar-refractivity contribution is 0.580. The summed E-state index contributed by atoms with van der Waals surface area (Å²) >= 11 is 1.70. The first-order chi connectivity index (χ1) is 10.0. The molecule has 0 unspecified atom stereocenters. The lowest BCUT2D eigenvalue weighted by atomic mass is 10.3. The molecule has 0 saturated carbocycles. The lowest BCUT2D eigenvalue weighted by Crippen LogP contribution is -2.26. The van der Waals surface area contributed by atoms with Crippen LogP contribution < -0.4 is 4.72 Å². The third kappa shape index (κ3) is 3.28. The third-order valence-electron chi connectivity index (χ3n) is 3.15. The van der Waals surface area contributed by atoms with E-state index in [1.165, 1.54) is 12.1 Å². The zero-order valence-corrected chi connectivity index (χ0v) is 12.8. The molecule has 5 nitrogen and oxygen atoms in total. The minimum absolute atomic E-state index is 0.0618. The minimum atomic E-state index is -3.60. The van der Waals surface area contributed by atoms with Crippen molar-refractivity contribution in [3.63, 3.8) is 0 Å². The zero-order valence-electron chi connectivity index (χ0n) is 11.1. The minimum Gasteiger partial charge on any atom is -0.325 e. The van der Waals surface area contributed by atoms with E-state index in [0.29, 0.717) is 6.42 Å². The number of benzene rings is 1. The second-order valence-corrected chi connectivity index (χ2v) is 7.49. The van der Waals surface area contributed by atoms with Crippen LogP contribution in [0.2, 0.25) is 0 Å². The fraction of sp³-hybridized carbons (Fsp3) is 0.308. The quantitative estimate of drug-likeness (QED) is 0.907. The van der Waals surface area contributed by atoms with Gasteiger partial charge in [-0.1, -0.05) is 11.8 Å². The summed E-state index contributed by atoms with van der Waals surface area (Å²) in [7, 11) is -3.60. The number of nitrogens with one attached hydrogen (secondary N) is 1. The summed E-state index contributed by atoms with van der Waals surface area (Å²) < 4.78 is 41.4. The van der Waals surface area contributed by atoms with Gasteiger partial charge in [-0.05, 0) is 24.3 Å². The number of rotatable bonds is 5. The molecule has 0 radical (unpaired) electrons. The van der Waals surface area contributed by atoms with Crippen LogP contribution in [0.3, 0.4) is 0 Å². The van der Waals surface area contributed by atoms with Crippen molar-refractivity contribution in [2.24, 2.45) is 0 Å². The highest BCUT2D eigenvalue weighted by atomic mass is 32.2. The van der Waals surface area contributed by atoms with Crippen LogP contribution in [0, 0.1) is 5.82 Å². The van der Waals surface area contributed by atoms with Crippen LogP contribution in [0.15, 0.2) is 40.5 Å². The van der Waals surface area contributed by atoms with Gasteiger partial charge in [-0.15, -0.1) is 0 Å². The standard InChI is InChI=1S/C13H14FN3O2S2/c14-10-1-3-12(4-2-10)21(18,19)15-6-5-11-9-17-7-8-20-13(17)16-11/h1-4,9,15H,5-8H2. The van der Waals surface area contributed by atoms with Crippen LogP contribution in [0.1, 0.15) is 5.69 Å². The molecule has 1 aromatic heterocycles. The molecule has 0 amide bonds. The summed E-state index contributed by atoms with van der Waals surface area (Å²) in [5, 5.41) is 0.992. The average molecular weight is 327 g/mol. The lowest BCUT2D eigenvalue weighted by Gasteiger charge is -2.05. The molecule has 8 heteroatoms. The number of thioether (sulfide) groups is 1. The van der Waals surface area contributed by atoms with E-state index in [1.54, 1.807) is 11.8 Å².